The normalized spacial score (nSPS) is 10.5. The number of halogens is 2. The van der Waals surface area contributed by atoms with E-state index in [2.05, 4.69) is 4.74 Å². The van der Waals surface area contributed by atoms with Crippen LogP contribution in [0.1, 0.15) is 5.56 Å². The minimum Gasteiger partial charge on any atom is -0.466 e. The molecule has 0 bridgehead atoms. The Morgan fingerprint density at radius 3 is 2.79 bits per heavy atom. The van der Waals surface area contributed by atoms with Gasteiger partial charge in [-0.2, -0.15) is 0 Å². The lowest BCUT2D eigenvalue weighted by Gasteiger charge is -1.96. The van der Waals surface area contributed by atoms with Crippen LogP contribution in [0.15, 0.2) is 24.3 Å². The van der Waals surface area contributed by atoms with Crippen LogP contribution in [0.3, 0.4) is 0 Å². The zero-order valence-electron chi connectivity index (χ0n) is 7.46. The summed E-state index contributed by atoms with van der Waals surface area (Å²) in [7, 11) is 1.29. The smallest absolute Gasteiger partial charge is 0.330 e. The number of hydrogen-bond acceptors (Lipinski definition) is 2. The van der Waals surface area contributed by atoms with Crippen molar-refractivity contribution in [2.45, 2.75) is 0 Å². The highest BCUT2D eigenvalue weighted by Gasteiger charge is 1.97. The number of benzene rings is 1. The van der Waals surface area contributed by atoms with Gasteiger partial charge in [0.05, 0.1) is 7.11 Å². The molecule has 0 heterocycles. The van der Waals surface area contributed by atoms with Crippen molar-refractivity contribution in [3.05, 3.63) is 39.2 Å². The van der Waals surface area contributed by atoms with Crippen molar-refractivity contribution in [3.8, 4) is 0 Å². The van der Waals surface area contributed by atoms with E-state index in [1.807, 2.05) is 22.6 Å². The van der Waals surface area contributed by atoms with Crippen molar-refractivity contribution in [3.63, 3.8) is 0 Å². The standard InChI is InChI=1S/C10H8FIO2/c1-14-10(13)3-2-7-4-8(11)6-9(12)5-7/h2-6H,1H3. The lowest BCUT2D eigenvalue weighted by Crippen LogP contribution is -1.93. The van der Waals surface area contributed by atoms with Gasteiger partial charge in [0.25, 0.3) is 0 Å². The van der Waals surface area contributed by atoms with Crippen LogP contribution in [0, 0.1) is 9.39 Å². The van der Waals surface area contributed by atoms with Crippen molar-refractivity contribution < 1.29 is 13.9 Å². The summed E-state index contributed by atoms with van der Waals surface area (Å²) in [4.78, 5) is 10.8. The SMILES string of the molecule is COC(=O)C=Cc1cc(F)cc(I)c1. The molecule has 0 aliphatic carbocycles. The van der Waals surface area contributed by atoms with Gasteiger partial charge in [-0.15, -0.1) is 0 Å². The third-order valence-electron chi connectivity index (χ3n) is 1.50. The van der Waals surface area contributed by atoms with Gasteiger partial charge in [-0.25, -0.2) is 9.18 Å². The van der Waals surface area contributed by atoms with Crippen LogP contribution >= 0.6 is 22.6 Å². The molecule has 74 valence electrons. The molecule has 1 rings (SSSR count). The van der Waals surface area contributed by atoms with Gasteiger partial charge in [0, 0.05) is 9.65 Å². The summed E-state index contributed by atoms with van der Waals surface area (Å²) in [5, 5.41) is 0. The molecule has 0 aliphatic rings. The van der Waals surface area contributed by atoms with E-state index in [1.165, 1.54) is 31.4 Å². The fourth-order valence-corrected chi connectivity index (χ4v) is 1.56. The average Bonchev–Trinajstić information content (AvgIpc) is 2.12. The minimum absolute atomic E-state index is 0.318. The van der Waals surface area contributed by atoms with Gasteiger partial charge < -0.3 is 4.74 Å². The minimum atomic E-state index is -0.454. The van der Waals surface area contributed by atoms with Gasteiger partial charge >= 0.3 is 5.97 Å². The molecule has 1 aromatic carbocycles. The molecule has 14 heavy (non-hydrogen) atoms. The Morgan fingerprint density at radius 2 is 2.21 bits per heavy atom. The Balaban J connectivity index is 2.86. The highest BCUT2D eigenvalue weighted by molar-refractivity contribution is 14.1. The van der Waals surface area contributed by atoms with Crippen LogP contribution in [-0.2, 0) is 9.53 Å². The first-order valence-corrected chi connectivity index (χ1v) is 4.92. The van der Waals surface area contributed by atoms with E-state index in [4.69, 9.17) is 0 Å². The molecule has 0 amide bonds. The second-order valence-electron chi connectivity index (χ2n) is 2.56. The maximum atomic E-state index is 12.9. The second-order valence-corrected chi connectivity index (χ2v) is 3.80. The molecule has 0 aliphatic heterocycles. The second kappa shape index (κ2) is 5.09. The first kappa shape index (κ1) is 11.2. The topological polar surface area (TPSA) is 26.3 Å². The van der Waals surface area contributed by atoms with Gasteiger partial charge in [-0.1, -0.05) is 0 Å². The summed E-state index contributed by atoms with van der Waals surface area (Å²) in [5.74, 6) is -0.773. The number of esters is 1. The van der Waals surface area contributed by atoms with E-state index < -0.39 is 5.97 Å². The monoisotopic (exact) mass is 306 g/mol. The quantitative estimate of drug-likeness (QED) is 0.477. The van der Waals surface area contributed by atoms with Crippen LogP contribution in [0.2, 0.25) is 0 Å². The number of hydrogen-bond donors (Lipinski definition) is 0. The molecule has 0 spiro atoms. The van der Waals surface area contributed by atoms with Crippen LogP contribution in [0.5, 0.6) is 0 Å². The first-order chi connectivity index (χ1) is 6.61. The van der Waals surface area contributed by atoms with Crippen LogP contribution < -0.4 is 0 Å². The first-order valence-electron chi connectivity index (χ1n) is 3.84. The zero-order chi connectivity index (χ0) is 10.6. The maximum Gasteiger partial charge on any atom is 0.330 e. The molecule has 0 N–H and O–H groups in total. The summed E-state index contributed by atoms with van der Waals surface area (Å²) in [6.07, 6.45) is 2.77. The molecule has 0 saturated heterocycles. The van der Waals surface area contributed by atoms with Crippen molar-refractivity contribution >= 4 is 34.6 Å². The van der Waals surface area contributed by atoms with Gasteiger partial charge in [0.15, 0.2) is 0 Å². The lowest BCUT2D eigenvalue weighted by atomic mass is 10.2. The van der Waals surface area contributed by atoms with Crippen molar-refractivity contribution in [1.82, 2.24) is 0 Å². The van der Waals surface area contributed by atoms with Crippen LogP contribution in [0.25, 0.3) is 6.08 Å². The van der Waals surface area contributed by atoms with Gasteiger partial charge in [-0.3, -0.25) is 0 Å². The van der Waals surface area contributed by atoms with E-state index >= 15 is 0 Å². The fourth-order valence-electron chi connectivity index (χ4n) is 0.904. The highest BCUT2D eigenvalue weighted by atomic mass is 127. The number of methoxy groups -OCH3 is 1. The van der Waals surface area contributed by atoms with E-state index in [0.717, 1.165) is 3.57 Å². The Hall–Kier alpha value is -0.910. The summed E-state index contributed by atoms with van der Waals surface area (Å²) < 4.78 is 18.1. The Kier molecular flexibility index (Phi) is 4.06. The molecule has 0 saturated carbocycles. The molecule has 0 aromatic heterocycles. The molecular weight excluding hydrogens is 298 g/mol. The summed E-state index contributed by atoms with van der Waals surface area (Å²) in [6.45, 7) is 0. The average molecular weight is 306 g/mol. The van der Waals surface area contributed by atoms with Crippen molar-refractivity contribution in [1.29, 1.82) is 0 Å². The molecule has 0 radical (unpaired) electrons. The van der Waals surface area contributed by atoms with E-state index in [-0.39, 0.29) is 5.82 Å². The van der Waals surface area contributed by atoms with E-state index in [0.29, 0.717) is 5.56 Å². The number of carbonyl (C=O) groups excluding carboxylic acids is 1. The number of rotatable bonds is 2. The predicted octanol–water partition coefficient (Wildman–Crippen LogP) is 2.62. The number of ether oxygens (including phenoxy) is 1. The highest BCUT2D eigenvalue weighted by Crippen LogP contribution is 2.12. The van der Waals surface area contributed by atoms with E-state index in [1.54, 1.807) is 6.07 Å². The Bertz CT molecular complexity index is 354. The molecule has 1 aromatic rings. The van der Waals surface area contributed by atoms with Crippen LogP contribution in [-0.4, -0.2) is 13.1 Å². The summed E-state index contributed by atoms with van der Waals surface area (Å²) >= 11 is 2.01. The third-order valence-corrected chi connectivity index (χ3v) is 2.12. The Labute approximate surface area is 94.9 Å². The van der Waals surface area contributed by atoms with Gasteiger partial charge in [-0.05, 0) is 52.4 Å². The third kappa shape index (κ3) is 3.45. The zero-order valence-corrected chi connectivity index (χ0v) is 9.62. The molecule has 2 nitrogen and oxygen atoms in total. The fraction of sp³-hybridized carbons (Fsp3) is 0.100. The lowest BCUT2D eigenvalue weighted by molar-refractivity contribution is -0.134. The molecule has 0 atom stereocenters. The molecule has 0 unspecified atom stereocenters. The van der Waals surface area contributed by atoms with Gasteiger partial charge in [0.2, 0.25) is 0 Å². The molecule has 4 heteroatoms. The summed E-state index contributed by atoms with van der Waals surface area (Å²) in [5.41, 5.74) is 0.639. The van der Waals surface area contributed by atoms with Crippen LogP contribution in [0.4, 0.5) is 4.39 Å². The molecule has 0 fully saturated rings. The van der Waals surface area contributed by atoms with Gasteiger partial charge in [0.1, 0.15) is 5.82 Å². The van der Waals surface area contributed by atoms with Crippen molar-refractivity contribution in [2.24, 2.45) is 0 Å². The molecular formula is C10H8FIO2. The largest absolute Gasteiger partial charge is 0.466 e. The van der Waals surface area contributed by atoms with E-state index in [9.17, 15) is 9.18 Å². The maximum absolute atomic E-state index is 12.9. The summed E-state index contributed by atoms with van der Waals surface area (Å²) in [6, 6.07) is 4.53. The Morgan fingerprint density at radius 1 is 1.50 bits per heavy atom. The van der Waals surface area contributed by atoms with Crippen molar-refractivity contribution in [2.75, 3.05) is 7.11 Å². The number of carbonyl (C=O) groups is 1. The predicted molar refractivity (Wildman–Crippen MR) is 60.2 cm³/mol.